The predicted molar refractivity (Wildman–Crippen MR) is 188 cm³/mol. The number of phosphoric ester groups is 1. The molecule has 0 fully saturated rings. The zero-order chi connectivity index (χ0) is 32.9. The summed E-state index contributed by atoms with van der Waals surface area (Å²) in [6.07, 6.45) is 19.9. The lowest BCUT2D eigenvalue weighted by atomic mass is 10.0. The van der Waals surface area contributed by atoms with Crippen molar-refractivity contribution in [3.8, 4) is 11.5 Å². The highest BCUT2D eigenvalue weighted by Crippen LogP contribution is 2.44. The highest BCUT2D eigenvalue weighted by Gasteiger charge is 2.26. The second kappa shape index (κ2) is 22.4. The summed E-state index contributed by atoms with van der Waals surface area (Å²) in [4.78, 5) is 11.7. The van der Waals surface area contributed by atoms with Crippen LogP contribution in [-0.4, -0.2) is 30.8 Å². The molecule has 3 rings (SSSR count). The third-order valence-corrected chi connectivity index (χ3v) is 9.75. The van der Waals surface area contributed by atoms with E-state index in [2.05, 4.69) is 30.7 Å². The lowest BCUT2D eigenvalue weighted by molar-refractivity contribution is -0.683. The highest BCUT2D eigenvalue weighted by atomic mass is 32.1. The van der Waals surface area contributed by atoms with Crippen molar-refractivity contribution in [2.45, 2.75) is 123 Å². The minimum absolute atomic E-state index is 0.133. The zero-order valence-electron chi connectivity index (χ0n) is 28.4. The summed E-state index contributed by atoms with van der Waals surface area (Å²) >= 11 is 1.67. The average molecular weight is 675 g/mol. The van der Waals surface area contributed by atoms with E-state index >= 15 is 0 Å². The van der Waals surface area contributed by atoms with Gasteiger partial charge in [0, 0.05) is 12.2 Å². The number of benzene rings is 2. The van der Waals surface area contributed by atoms with Crippen LogP contribution in [0, 0.1) is 6.92 Å². The van der Waals surface area contributed by atoms with Crippen LogP contribution in [0.3, 0.4) is 0 Å². The Morgan fingerprint density at radius 1 is 0.848 bits per heavy atom. The van der Waals surface area contributed by atoms with E-state index in [0.29, 0.717) is 13.2 Å². The molecule has 0 aliphatic heterocycles. The minimum atomic E-state index is -4.37. The topological polar surface area (TPSA) is 78.1 Å². The number of unbranched alkanes of at least 4 members (excludes halogenated alkanes) is 12. The zero-order valence-corrected chi connectivity index (χ0v) is 30.1. The van der Waals surface area contributed by atoms with Crippen LogP contribution < -0.4 is 13.8 Å². The SMILES string of the molecule is CCCCCCCCCCCCCCCc1ccccc1OCC(COP(=O)(O)Oc1cccc(C[n+]2csc(C)c2)c1)OCC. The molecule has 1 aromatic heterocycles. The standard InChI is InChI=1S/C37H56NO6PS/c1-4-6-7-8-9-10-11-12-13-14-15-16-17-22-34-23-18-19-25-37(34)42-29-36(41-5-2)30-43-45(39,40)44-35-24-20-21-33(26-35)28-38-27-32(3)46-31-38/h18-21,23-27,31,36H,4-17,22,28-30H2,1-3H3/p+1. The molecular weight excluding hydrogens is 617 g/mol. The Morgan fingerprint density at radius 2 is 1.52 bits per heavy atom. The minimum Gasteiger partial charge on any atom is -0.491 e. The second-order valence-electron chi connectivity index (χ2n) is 12.1. The fourth-order valence-electron chi connectivity index (χ4n) is 5.52. The third kappa shape index (κ3) is 16.1. The first-order valence-electron chi connectivity index (χ1n) is 17.4. The number of rotatable bonds is 26. The van der Waals surface area contributed by atoms with Crippen molar-refractivity contribution in [1.29, 1.82) is 0 Å². The van der Waals surface area contributed by atoms with Crippen LogP contribution in [0.5, 0.6) is 11.5 Å². The van der Waals surface area contributed by atoms with Gasteiger partial charge < -0.3 is 14.0 Å². The van der Waals surface area contributed by atoms with Gasteiger partial charge >= 0.3 is 7.82 Å². The van der Waals surface area contributed by atoms with Crippen LogP contribution in [-0.2, 0) is 26.8 Å². The number of nitrogens with zero attached hydrogens (tertiary/aromatic N) is 1. The first kappa shape index (κ1) is 38.2. The number of para-hydroxylation sites is 1. The Labute approximate surface area is 281 Å². The van der Waals surface area contributed by atoms with E-state index in [4.69, 9.17) is 18.5 Å². The summed E-state index contributed by atoms with van der Waals surface area (Å²) in [5, 5.41) is 0. The molecule has 2 unspecified atom stereocenters. The molecule has 0 amide bonds. The van der Waals surface area contributed by atoms with Gasteiger partial charge in [0.2, 0.25) is 5.51 Å². The Bertz CT molecular complexity index is 1280. The van der Waals surface area contributed by atoms with Gasteiger partial charge in [-0.3, -0.25) is 9.42 Å². The van der Waals surface area contributed by atoms with E-state index in [0.717, 1.165) is 24.2 Å². The number of ether oxygens (including phenoxy) is 2. The van der Waals surface area contributed by atoms with Crippen LogP contribution in [0.1, 0.15) is 113 Å². The molecule has 0 bridgehead atoms. The molecule has 0 aliphatic carbocycles. The maximum atomic E-state index is 12.8. The summed E-state index contributed by atoms with van der Waals surface area (Å²) < 4.78 is 37.6. The van der Waals surface area contributed by atoms with E-state index in [1.807, 2.05) is 36.7 Å². The Morgan fingerprint density at radius 3 is 2.17 bits per heavy atom. The Kier molecular flexibility index (Phi) is 18.6. The predicted octanol–water partition coefficient (Wildman–Crippen LogP) is 10.0. The molecule has 46 heavy (non-hydrogen) atoms. The molecule has 1 heterocycles. The van der Waals surface area contributed by atoms with E-state index in [1.54, 1.807) is 29.5 Å². The molecule has 0 saturated carbocycles. The molecule has 3 aromatic rings. The molecule has 0 aliphatic rings. The van der Waals surface area contributed by atoms with Crippen LogP contribution in [0.4, 0.5) is 0 Å². The third-order valence-electron chi connectivity index (χ3n) is 7.98. The maximum Gasteiger partial charge on any atom is 0.527 e. The van der Waals surface area contributed by atoms with Gasteiger partial charge in [-0.2, -0.15) is 4.57 Å². The molecule has 7 nitrogen and oxygen atoms in total. The van der Waals surface area contributed by atoms with Crippen molar-refractivity contribution >= 4 is 19.2 Å². The van der Waals surface area contributed by atoms with E-state index < -0.39 is 13.9 Å². The molecule has 0 radical (unpaired) electrons. The van der Waals surface area contributed by atoms with E-state index in [-0.39, 0.29) is 19.0 Å². The fraction of sp³-hybridized carbons (Fsp3) is 0.595. The van der Waals surface area contributed by atoms with Gasteiger partial charge in [-0.25, -0.2) is 4.57 Å². The van der Waals surface area contributed by atoms with Gasteiger partial charge in [0.05, 0.1) is 11.5 Å². The molecule has 0 saturated heterocycles. The molecule has 0 spiro atoms. The number of aromatic nitrogens is 1. The monoisotopic (exact) mass is 674 g/mol. The summed E-state index contributed by atoms with van der Waals surface area (Å²) in [7, 11) is -4.37. The first-order chi connectivity index (χ1) is 22.4. The van der Waals surface area contributed by atoms with Gasteiger partial charge in [0.15, 0.2) is 12.7 Å². The van der Waals surface area contributed by atoms with Crippen molar-refractivity contribution in [3.63, 3.8) is 0 Å². The van der Waals surface area contributed by atoms with Crippen molar-refractivity contribution in [1.82, 2.24) is 0 Å². The Hall–Kier alpha value is -2.22. The molecule has 2 atom stereocenters. The summed E-state index contributed by atoms with van der Waals surface area (Å²) in [6, 6.07) is 15.3. The summed E-state index contributed by atoms with van der Waals surface area (Å²) in [5.74, 6) is 1.10. The molecule has 2 aromatic carbocycles. The number of hydrogen-bond acceptors (Lipinski definition) is 6. The molecular formula is C37H57NO6PS+. The van der Waals surface area contributed by atoms with Gasteiger partial charge in [-0.15, -0.1) is 0 Å². The first-order valence-corrected chi connectivity index (χ1v) is 19.8. The Balaban J connectivity index is 1.36. The lowest BCUT2D eigenvalue weighted by Crippen LogP contribution is -2.30. The molecule has 256 valence electrons. The van der Waals surface area contributed by atoms with Crippen LogP contribution in [0.2, 0.25) is 0 Å². The lowest BCUT2D eigenvalue weighted by Gasteiger charge is -2.20. The van der Waals surface area contributed by atoms with E-state index in [9.17, 15) is 9.46 Å². The normalized spacial score (nSPS) is 13.4. The van der Waals surface area contributed by atoms with Gasteiger partial charge in [0.1, 0.15) is 24.2 Å². The largest absolute Gasteiger partial charge is 0.527 e. The molecule has 1 N–H and O–H groups in total. The van der Waals surface area contributed by atoms with Crippen molar-refractivity contribution in [2.75, 3.05) is 19.8 Å². The van der Waals surface area contributed by atoms with Crippen molar-refractivity contribution in [3.05, 3.63) is 76.2 Å². The van der Waals surface area contributed by atoms with Gasteiger partial charge in [0.25, 0.3) is 0 Å². The summed E-state index contributed by atoms with van der Waals surface area (Å²) in [6.45, 7) is 7.35. The quantitative estimate of drug-likeness (QED) is 0.0519. The molecule has 9 heteroatoms. The van der Waals surface area contributed by atoms with Crippen molar-refractivity contribution < 1.29 is 32.5 Å². The average Bonchev–Trinajstić information content (AvgIpc) is 3.45. The number of thiazole rings is 1. The highest BCUT2D eigenvalue weighted by molar-refractivity contribution is 7.47. The van der Waals surface area contributed by atoms with Crippen molar-refractivity contribution in [2.24, 2.45) is 0 Å². The second-order valence-corrected chi connectivity index (χ2v) is 14.6. The number of hydrogen-bond donors (Lipinski definition) is 1. The maximum absolute atomic E-state index is 12.8. The number of phosphoric acid groups is 1. The van der Waals surface area contributed by atoms with Crippen LogP contribution in [0.15, 0.2) is 60.2 Å². The van der Waals surface area contributed by atoms with Gasteiger partial charge in [-0.1, -0.05) is 126 Å². The van der Waals surface area contributed by atoms with Crippen LogP contribution >= 0.6 is 19.2 Å². The van der Waals surface area contributed by atoms with Gasteiger partial charge in [-0.05, 0) is 50.5 Å². The summed E-state index contributed by atoms with van der Waals surface area (Å²) in [5.41, 5.74) is 4.17. The smallest absolute Gasteiger partial charge is 0.491 e. The van der Waals surface area contributed by atoms with E-state index in [1.165, 1.54) is 87.5 Å². The number of aryl methyl sites for hydroxylation is 2. The fourth-order valence-corrected chi connectivity index (χ4v) is 6.94. The van der Waals surface area contributed by atoms with Crippen LogP contribution in [0.25, 0.3) is 0 Å².